The van der Waals surface area contributed by atoms with Gasteiger partial charge in [-0.05, 0) is 77.9 Å². The van der Waals surface area contributed by atoms with Crippen molar-refractivity contribution in [3.05, 3.63) is 51.2 Å². The smallest absolute Gasteiger partial charge is 0.122 e. The molecule has 0 bridgehead atoms. The van der Waals surface area contributed by atoms with E-state index >= 15 is 0 Å². The highest BCUT2D eigenvalue weighted by atomic mass is 32.1. The molecular formula is C18H21NOS. The van der Waals surface area contributed by atoms with Gasteiger partial charge in [0.15, 0.2) is 0 Å². The van der Waals surface area contributed by atoms with Crippen LogP contribution in [-0.4, -0.2) is 13.7 Å². The SMILES string of the molecule is COc1cc2c(cc1C)CCNC2C1(c2ccsc2)CC1. The molecule has 110 valence electrons. The second-order valence-electron chi connectivity index (χ2n) is 6.33. The maximum absolute atomic E-state index is 5.56. The minimum absolute atomic E-state index is 0.315. The average molecular weight is 299 g/mol. The van der Waals surface area contributed by atoms with Gasteiger partial charge in [0.1, 0.15) is 5.75 Å². The lowest BCUT2D eigenvalue weighted by Crippen LogP contribution is -2.37. The third-order valence-corrected chi connectivity index (χ3v) is 5.83. The van der Waals surface area contributed by atoms with E-state index in [-0.39, 0.29) is 0 Å². The number of ether oxygens (including phenoxy) is 1. The Hall–Kier alpha value is -1.32. The number of rotatable bonds is 3. The number of methoxy groups -OCH3 is 1. The van der Waals surface area contributed by atoms with Crippen LogP contribution in [-0.2, 0) is 11.8 Å². The maximum Gasteiger partial charge on any atom is 0.122 e. The zero-order chi connectivity index (χ0) is 14.4. The second kappa shape index (κ2) is 4.85. The van der Waals surface area contributed by atoms with Gasteiger partial charge in [-0.1, -0.05) is 6.07 Å². The highest BCUT2D eigenvalue weighted by Gasteiger charge is 2.52. The summed E-state index contributed by atoms with van der Waals surface area (Å²) in [6.07, 6.45) is 3.70. The Morgan fingerprint density at radius 3 is 2.86 bits per heavy atom. The quantitative estimate of drug-likeness (QED) is 0.925. The highest BCUT2D eigenvalue weighted by Crippen LogP contribution is 2.58. The van der Waals surface area contributed by atoms with Crippen molar-refractivity contribution in [3.63, 3.8) is 0 Å². The molecule has 0 saturated heterocycles. The summed E-state index contributed by atoms with van der Waals surface area (Å²) in [5.41, 5.74) is 6.02. The van der Waals surface area contributed by atoms with Crippen LogP contribution in [0.15, 0.2) is 29.0 Å². The van der Waals surface area contributed by atoms with Crippen molar-refractivity contribution in [1.29, 1.82) is 0 Å². The molecule has 21 heavy (non-hydrogen) atoms. The molecule has 1 aliphatic carbocycles. The van der Waals surface area contributed by atoms with Gasteiger partial charge in [-0.2, -0.15) is 11.3 Å². The minimum atomic E-state index is 0.315. The molecule has 2 heterocycles. The molecule has 1 atom stereocenters. The zero-order valence-corrected chi connectivity index (χ0v) is 13.4. The lowest BCUT2D eigenvalue weighted by Gasteiger charge is -2.34. The summed E-state index contributed by atoms with van der Waals surface area (Å²) in [5.74, 6) is 1.02. The van der Waals surface area contributed by atoms with Crippen molar-refractivity contribution < 1.29 is 4.74 Å². The predicted molar refractivity (Wildman–Crippen MR) is 87.4 cm³/mol. The zero-order valence-electron chi connectivity index (χ0n) is 12.6. The summed E-state index contributed by atoms with van der Waals surface area (Å²) >= 11 is 1.81. The molecule has 0 amide bonds. The Balaban J connectivity index is 1.80. The van der Waals surface area contributed by atoms with Crippen molar-refractivity contribution in [2.45, 2.75) is 37.6 Å². The van der Waals surface area contributed by atoms with E-state index in [9.17, 15) is 0 Å². The second-order valence-corrected chi connectivity index (χ2v) is 7.11. The van der Waals surface area contributed by atoms with Gasteiger partial charge in [0.2, 0.25) is 0 Å². The number of benzene rings is 1. The molecule has 1 N–H and O–H groups in total. The number of fused-ring (bicyclic) bond motifs is 1. The lowest BCUT2D eigenvalue weighted by atomic mass is 9.80. The first-order chi connectivity index (χ1) is 10.2. The van der Waals surface area contributed by atoms with Gasteiger partial charge < -0.3 is 10.1 Å². The fourth-order valence-corrected chi connectivity index (χ4v) is 4.61. The Bertz CT molecular complexity index is 658. The molecule has 2 aliphatic rings. The van der Waals surface area contributed by atoms with E-state index in [0.717, 1.165) is 18.7 Å². The van der Waals surface area contributed by atoms with Crippen molar-refractivity contribution in [2.75, 3.05) is 13.7 Å². The standard InChI is InChI=1S/C18H21NOS/c1-12-9-13-3-7-19-17(15(13)10-16(12)20-2)18(5-6-18)14-4-8-21-11-14/h4,8-11,17,19H,3,5-7H2,1-2H3. The summed E-state index contributed by atoms with van der Waals surface area (Å²) < 4.78 is 5.56. The van der Waals surface area contributed by atoms with Gasteiger partial charge in [-0.15, -0.1) is 0 Å². The maximum atomic E-state index is 5.56. The molecule has 0 radical (unpaired) electrons. The number of nitrogens with one attached hydrogen (secondary N) is 1. The van der Waals surface area contributed by atoms with Crippen LogP contribution < -0.4 is 10.1 Å². The molecule has 2 nitrogen and oxygen atoms in total. The fourth-order valence-electron chi connectivity index (χ4n) is 3.85. The van der Waals surface area contributed by atoms with Gasteiger partial charge in [0.25, 0.3) is 0 Å². The summed E-state index contributed by atoms with van der Waals surface area (Å²) in [4.78, 5) is 0. The summed E-state index contributed by atoms with van der Waals surface area (Å²) in [5, 5.41) is 8.32. The topological polar surface area (TPSA) is 21.3 Å². The summed E-state index contributed by atoms with van der Waals surface area (Å²) in [6, 6.07) is 7.34. The molecule has 1 aliphatic heterocycles. The largest absolute Gasteiger partial charge is 0.496 e. The van der Waals surface area contributed by atoms with E-state index in [1.807, 2.05) is 11.3 Å². The van der Waals surface area contributed by atoms with E-state index in [4.69, 9.17) is 4.74 Å². The predicted octanol–water partition coefficient (Wildman–Crippen LogP) is 3.98. The molecule has 2 aromatic rings. The van der Waals surface area contributed by atoms with Crippen LogP contribution >= 0.6 is 11.3 Å². The van der Waals surface area contributed by atoms with Crippen LogP contribution in [0.25, 0.3) is 0 Å². The Kier molecular flexibility index (Phi) is 3.09. The molecule has 1 unspecified atom stereocenters. The number of thiophene rings is 1. The number of hydrogen-bond donors (Lipinski definition) is 1. The first-order valence-electron chi connectivity index (χ1n) is 7.68. The number of hydrogen-bond acceptors (Lipinski definition) is 3. The number of aryl methyl sites for hydroxylation is 1. The Morgan fingerprint density at radius 1 is 1.33 bits per heavy atom. The van der Waals surface area contributed by atoms with Crippen LogP contribution in [0, 0.1) is 6.92 Å². The molecule has 1 aromatic carbocycles. The Morgan fingerprint density at radius 2 is 2.19 bits per heavy atom. The lowest BCUT2D eigenvalue weighted by molar-refractivity contribution is 0.393. The highest BCUT2D eigenvalue weighted by molar-refractivity contribution is 7.08. The molecule has 4 rings (SSSR count). The van der Waals surface area contributed by atoms with Gasteiger partial charge in [-0.3, -0.25) is 0 Å². The van der Waals surface area contributed by atoms with Gasteiger partial charge in [0.05, 0.1) is 7.11 Å². The van der Waals surface area contributed by atoms with Crippen molar-refractivity contribution >= 4 is 11.3 Å². The van der Waals surface area contributed by atoms with Crippen molar-refractivity contribution in [1.82, 2.24) is 5.32 Å². The van der Waals surface area contributed by atoms with Crippen LogP contribution in [0.1, 0.15) is 41.1 Å². The van der Waals surface area contributed by atoms with Crippen LogP contribution in [0.4, 0.5) is 0 Å². The van der Waals surface area contributed by atoms with Crippen LogP contribution in [0.5, 0.6) is 5.75 Å². The van der Waals surface area contributed by atoms with E-state index < -0.39 is 0 Å². The first kappa shape index (κ1) is 13.4. The summed E-state index contributed by atoms with van der Waals surface area (Å²) in [6.45, 7) is 3.22. The third-order valence-electron chi connectivity index (χ3n) is 5.15. The molecular weight excluding hydrogens is 278 g/mol. The van der Waals surface area contributed by atoms with Crippen LogP contribution in [0.2, 0.25) is 0 Å². The van der Waals surface area contributed by atoms with Gasteiger partial charge in [-0.25, -0.2) is 0 Å². The normalized spacial score (nSPS) is 22.7. The van der Waals surface area contributed by atoms with Crippen molar-refractivity contribution in [2.24, 2.45) is 0 Å². The fraction of sp³-hybridized carbons (Fsp3) is 0.444. The molecule has 1 aromatic heterocycles. The summed E-state index contributed by atoms with van der Waals surface area (Å²) in [7, 11) is 1.77. The average Bonchev–Trinajstić information content (AvgIpc) is 3.11. The van der Waals surface area contributed by atoms with Gasteiger partial charge >= 0.3 is 0 Å². The van der Waals surface area contributed by atoms with E-state index in [1.165, 1.54) is 35.1 Å². The minimum Gasteiger partial charge on any atom is -0.496 e. The van der Waals surface area contributed by atoms with Crippen molar-refractivity contribution in [3.8, 4) is 5.75 Å². The van der Waals surface area contributed by atoms with E-state index in [2.05, 4.69) is 41.2 Å². The monoisotopic (exact) mass is 299 g/mol. The Labute approximate surface area is 130 Å². The van der Waals surface area contributed by atoms with E-state index in [1.54, 1.807) is 7.11 Å². The first-order valence-corrected chi connectivity index (χ1v) is 8.62. The van der Waals surface area contributed by atoms with E-state index in [0.29, 0.717) is 11.5 Å². The molecule has 1 saturated carbocycles. The molecule has 1 fully saturated rings. The molecule has 3 heteroatoms. The third kappa shape index (κ3) is 2.02. The molecule has 0 spiro atoms. The van der Waals surface area contributed by atoms with Gasteiger partial charge in [0, 0.05) is 11.5 Å². The van der Waals surface area contributed by atoms with Crippen LogP contribution in [0.3, 0.4) is 0 Å².